The van der Waals surface area contributed by atoms with E-state index in [2.05, 4.69) is 15.3 Å². The van der Waals surface area contributed by atoms with Gasteiger partial charge in [0.05, 0.1) is 17.2 Å². The molecule has 3 rings (SSSR count). The summed E-state index contributed by atoms with van der Waals surface area (Å²) in [5.74, 6) is -1.34. The van der Waals surface area contributed by atoms with E-state index in [4.69, 9.17) is 5.11 Å². The van der Waals surface area contributed by atoms with Crippen molar-refractivity contribution in [1.82, 2.24) is 0 Å². The zero-order chi connectivity index (χ0) is 17.3. The van der Waals surface area contributed by atoms with Crippen LogP contribution in [0.3, 0.4) is 0 Å². The van der Waals surface area contributed by atoms with Gasteiger partial charge in [-0.05, 0) is 31.7 Å². The first-order valence-corrected chi connectivity index (χ1v) is 7.84. The second-order valence-corrected chi connectivity index (χ2v) is 6.09. The molecule has 24 heavy (non-hydrogen) atoms. The molecule has 128 valence electrons. The van der Waals surface area contributed by atoms with Crippen molar-refractivity contribution >= 4 is 17.3 Å². The molecule has 1 aliphatic heterocycles. The quantitative estimate of drug-likeness (QED) is 0.525. The number of carboxylic acid groups (broad SMARTS) is 1. The highest BCUT2D eigenvalue weighted by molar-refractivity contribution is 5.72. The van der Waals surface area contributed by atoms with E-state index in [1.807, 2.05) is 0 Å². The SMILES string of the molecule is O=C(O)[C@@H](O)CNc1ccc([N+](=O)[O-])c2c1=NC1(CCCCC1)N=2. The zero-order valence-electron chi connectivity index (χ0n) is 12.9. The van der Waals surface area contributed by atoms with E-state index in [1.54, 1.807) is 0 Å². The Morgan fingerprint density at radius 1 is 1.29 bits per heavy atom. The number of rotatable bonds is 5. The Kier molecular flexibility index (Phi) is 4.18. The first kappa shape index (κ1) is 16.3. The van der Waals surface area contributed by atoms with Crippen molar-refractivity contribution in [3.8, 4) is 0 Å². The number of anilines is 1. The number of nitro benzene ring substituents is 1. The highest BCUT2D eigenvalue weighted by Crippen LogP contribution is 2.33. The Balaban J connectivity index is 2.02. The predicted molar refractivity (Wildman–Crippen MR) is 83.4 cm³/mol. The number of non-ortho nitro benzene ring substituents is 1. The van der Waals surface area contributed by atoms with Crippen LogP contribution in [-0.4, -0.2) is 39.4 Å². The molecule has 1 saturated carbocycles. The first-order valence-electron chi connectivity index (χ1n) is 7.84. The van der Waals surface area contributed by atoms with E-state index in [9.17, 15) is 20.0 Å². The molecule has 1 atom stereocenters. The summed E-state index contributed by atoms with van der Waals surface area (Å²) in [6, 6.07) is 2.81. The summed E-state index contributed by atoms with van der Waals surface area (Å²) < 4.78 is 0. The molecular formula is C15H18N4O5. The van der Waals surface area contributed by atoms with Crippen molar-refractivity contribution in [2.75, 3.05) is 11.9 Å². The molecule has 0 unspecified atom stereocenters. The van der Waals surface area contributed by atoms with Gasteiger partial charge in [-0.2, -0.15) is 0 Å². The highest BCUT2D eigenvalue weighted by atomic mass is 16.6. The number of nitrogens with one attached hydrogen (secondary N) is 1. The summed E-state index contributed by atoms with van der Waals surface area (Å²) in [6.07, 6.45) is 2.95. The fraction of sp³-hybridized carbons (Fsp3) is 0.533. The van der Waals surface area contributed by atoms with E-state index < -0.39 is 22.7 Å². The number of aliphatic hydroxyl groups excluding tert-OH is 1. The third-order valence-corrected chi connectivity index (χ3v) is 4.39. The third kappa shape index (κ3) is 2.94. The first-order chi connectivity index (χ1) is 11.4. The topological polar surface area (TPSA) is 137 Å². The maximum absolute atomic E-state index is 11.3. The molecule has 1 heterocycles. The van der Waals surface area contributed by atoms with Crippen LogP contribution in [0.1, 0.15) is 32.1 Å². The smallest absolute Gasteiger partial charge is 0.334 e. The van der Waals surface area contributed by atoms with Crippen molar-refractivity contribution in [3.05, 3.63) is 33.0 Å². The van der Waals surface area contributed by atoms with Crippen molar-refractivity contribution in [1.29, 1.82) is 0 Å². The van der Waals surface area contributed by atoms with Gasteiger partial charge in [-0.3, -0.25) is 15.1 Å². The minimum absolute atomic E-state index is 0.111. The van der Waals surface area contributed by atoms with Gasteiger partial charge in [-0.15, -0.1) is 0 Å². The zero-order valence-corrected chi connectivity index (χ0v) is 12.9. The molecule has 9 nitrogen and oxygen atoms in total. The second kappa shape index (κ2) is 6.16. The van der Waals surface area contributed by atoms with Crippen molar-refractivity contribution in [3.63, 3.8) is 0 Å². The number of nitro groups is 1. The Bertz CT molecular complexity index is 801. The van der Waals surface area contributed by atoms with Crippen molar-refractivity contribution in [2.24, 2.45) is 9.98 Å². The molecule has 0 saturated heterocycles. The Hall–Kier alpha value is -2.55. The number of hydrogen-bond donors (Lipinski definition) is 3. The Morgan fingerprint density at radius 3 is 2.58 bits per heavy atom. The molecule has 0 amide bonds. The fourth-order valence-electron chi connectivity index (χ4n) is 3.16. The van der Waals surface area contributed by atoms with Crippen LogP contribution in [0, 0.1) is 10.1 Å². The number of benzene rings is 1. The van der Waals surface area contributed by atoms with E-state index in [0.717, 1.165) is 32.1 Å². The molecule has 0 bridgehead atoms. The number of hydrogen-bond acceptors (Lipinski definition) is 7. The van der Waals surface area contributed by atoms with E-state index >= 15 is 0 Å². The molecule has 1 fully saturated rings. The number of carbonyl (C=O) groups is 1. The molecule has 1 aromatic rings. The van der Waals surface area contributed by atoms with E-state index in [0.29, 0.717) is 11.0 Å². The average Bonchev–Trinajstić information content (AvgIpc) is 2.90. The van der Waals surface area contributed by atoms with Crippen LogP contribution in [0.2, 0.25) is 0 Å². The summed E-state index contributed by atoms with van der Waals surface area (Å²) in [6.45, 7) is -0.220. The van der Waals surface area contributed by atoms with Crippen LogP contribution in [0.4, 0.5) is 11.4 Å². The maximum Gasteiger partial charge on any atom is 0.334 e. The summed E-state index contributed by atoms with van der Waals surface area (Å²) in [5.41, 5.74) is -0.309. The maximum atomic E-state index is 11.3. The number of fused-ring (bicyclic) bond motifs is 1. The molecule has 3 N–H and O–H groups in total. The minimum Gasteiger partial charge on any atom is -0.479 e. The van der Waals surface area contributed by atoms with Crippen LogP contribution >= 0.6 is 0 Å². The molecular weight excluding hydrogens is 316 g/mol. The standard InChI is InChI=1S/C15H18N4O5/c20-11(14(21)22)8-16-9-4-5-10(19(23)24)13-12(9)17-15(18-13)6-2-1-3-7-15/h4-5,11,16,20H,1-3,6-8H2,(H,21,22)/t11-/m0/s1. The summed E-state index contributed by atoms with van der Waals surface area (Å²) in [4.78, 5) is 30.7. The minimum atomic E-state index is -1.57. The van der Waals surface area contributed by atoms with Gasteiger partial charge in [0, 0.05) is 6.07 Å². The predicted octanol–water partition coefficient (Wildman–Crippen LogP) is 0.365. The molecule has 9 heteroatoms. The van der Waals surface area contributed by atoms with Gasteiger partial charge in [0.25, 0.3) is 5.69 Å². The fourth-order valence-corrected chi connectivity index (χ4v) is 3.16. The van der Waals surface area contributed by atoms with Gasteiger partial charge >= 0.3 is 5.97 Å². The normalized spacial score (nSPS) is 19.0. The Labute approximate surface area is 136 Å². The van der Waals surface area contributed by atoms with Gasteiger partial charge in [0.1, 0.15) is 5.36 Å². The molecule has 1 aliphatic carbocycles. The van der Waals surface area contributed by atoms with Crippen molar-refractivity contribution in [2.45, 2.75) is 43.9 Å². The number of nitrogens with zero attached hydrogens (tertiary/aromatic N) is 3. The molecule has 2 aliphatic rings. The summed E-state index contributed by atoms with van der Waals surface area (Å²) in [7, 11) is 0. The van der Waals surface area contributed by atoms with E-state index in [1.165, 1.54) is 12.1 Å². The van der Waals surface area contributed by atoms with Crippen LogP contribution in [0.25, 0.3) is 0 Å². The summed E-state index contributed by atoms with van der Waals surface area (Å²) >= 11 is 0. The van der Waals surface area contributed by atoms with Crippen LogP contribution in [0.5, 0.6) is 0 Å². The lowest BCUT2D eigenvalue weighted by atomic mass is 9.90. The molecule has 1 spiro atoms. The van der Waals surface area contributed by atoms with Gasteiger partial charge < -0.3 is 15.5 Å². The Morgan fingerprint density at radius 2 is 1.96 bits per heavy atom. The molecule has 1 aromatic carbocycles. The van der Waals surface area contributed by atoms with E-state index in [-0.39, 0.29) is 17.6 Å². The largest absolute Gasteiger partial charge is 0.479 e. The lowest BCUT2D eigenvalue weighted by Gasteiger charge is -2.27. The number of aliphatic carboxylic acids is 1. The van der Waals surface area contributed by atoms with Crippen molar-refractivity contribution < 1.29 is 19.9 Å². The van der Waals surface area contributed by atoms with Gasteiger partial charge in [0.15, 0.2) is 17.1 Å². The monoisotopic (exact) mass is 334 g/mol. The number of carboxylic acids is 1. The average molecular weight is 334 g/mol. The number of aliphatic hydroxyl groups is 1. The van der Waals surface area contributed by atoms with Crippen LogP contribution in [-0.2, 0) is 4.79 Å². The molecule has 0 aromatic heterocycles. The van der Waals surface area contributed by atoms with Crippen LogP contribution in [0.15, 0.2) is 22.1 Å². The summed E-state index contributed by atoms with van der Waals surface area (Å²) in [5, 5.41) is 32.8. The molecule has 0 radical (unpaired) electrons. The van der Waals surface area contributed by atoms with Gasteiger partial charge in [-0.25, -0.2) is 9.79 Å². The van der Waals surface area contributed by atoms with Gasteiger partial charge in [-0.1, -0.05) is 6.42 Å². The highest BCUT2D eigenvalue weighted by Gasteiger charge is 2.35. The second-order valence-electron chi connectivity index (χ2n) is 6.09. The third-order valence-electron chi connectivity index (χ3n) is 4.39. The van der Waals surface area contributed by atoms with Crippen LogP contribution < -0.4 is 16.0 Å². The lowest BCUT2D eigenvalue weighted by molar-refractivity contribution is -0.386. The van der Waals surface area contributed by atoms with Gasteiger partial charge in [0.2, 0.25) is 0 Å². The lowest BCUT2D eigenvalue weighted by Crippen LogP contribution is -2.33.